The number of aryl methyl sites for hydroxylation is 1. The van der Waals surface area contributed by atoms with Crippen LogP contribution in [-0.4, -0.2) is 35.9 Å². The third-order valence-electron chi connectivity index (χ3n) is 4.14. The SMILES string of the molecule is CCNC(=O)[C@@H](C)N(Cc1cccc(Br)c1)C(=O)COc1ccc(C)cc1. The summed E-state index contributed by atoms with van der Waals surface area (Å²) in [6.45, 7) is 6.29. The van der Waals surface area contributed by atoms with Gasteiger partial charge < -0.3 is 15.0 Å². The normalized spacial score (nSPS) is 11.6. The Kier molecular flexibility index (Phi) is 7.85. The zero-order valence-electron chi connectivity index (χ0n) is 15.9. The van der Waals surface area contributed by atoms with Crippen molar-refractivity contribution in [2.75, 3.05) is 13.2 Å². The minimum atomic E-state index is -0.599. The van der Waals surface area contributed by atoms with Crippen molar-refractivity contribution in [3.8, 4) is 5.75 Å². The van der Waals surface area contributed by atoms with Gasteiger partial charge in [0.15, 0.2) is 6.61 Å². The van der Waals surface area contributed by atoms with Gasteiger partial charge in [0.1, 0.15) is 11.8 Å². The third-order valence-corrected chi connectivity index (χ3v) is 4.64. The lowest BCUT2D eigenvalue weighted by atomic mass is 10.1. The zero-order chi connectivity index (χ0) is 19.8. The van der Waals surface area contributed by atoms with Gasteiger partial charge in [-0.2, -0.15) is 0 Å². The first-order valence-electron chi connectivity index (χ1n) is 8.91. The van der Waals surface area contributed by atoms with Gasteiger partial charge in [0.05, 0.1) is 0 Å². The summed E-state index contributed by atoms with van der Waals surface area (Å²) in [5.41, 5.74) is 2.05. The molecule has 0 radical (unpaired) electrons. The van der Waals surface area contributed by atoms with Crippen molar-refractivity contribution in [2.45, 2.75) is 33.4 Å². The van der Waals surface area contributed by atoms with Crippen LogP contribution in [0, 0.1) is 6.92 Å². The molecule has 0 fully saturated rings. The van der Waals surface area contributed by atoms with E-state index in [0.717, 1.165) is 15.6 Å². The molecule has 0 bridgehead atoms. The minimum absolute atomic E-state index is 0.124. The van der Waals surface area contributed by atoms with Crippen LogP contribution in [0.25, 0.3) is 0 Å². The smallest absolute Gasteiger partial charge is 0.261 e. The Balaban J connectivity index is 2.12. The standard InChI is InChI=1S/C21H25BrN2O3/c1-4-23-21(26)16(3)24(13-17-6-5-7-18(22)12-17)20(25)14-27-19-10-8-15(2)9-11-19/h5-12,16H,4,13-14H2,1-3H3,(H,23,26)/t16-/m1/s1. The van der Waals surface area contributed by atoms with Crippen molar-refractivity contribution in [3.05, 3.63) is 64.1 Å². The molecule has 144 valence electrons. The van der Waals surface area contributed by atoms with Gasteiger partial charge in [-0.15, -0.1) is 0 Å². The van der Waals surface area contributed by atoms with E-state index in [4.69, 9.17) is 4.74 Å². The molecular formula is C21H25BrN2O3. The van der Waals surface area contributed by atoms with Gasteiger partial charge in [0, 0.05) is 17.6 Å². The van der Waals surface area contributed by atoms with Gasteiger partial charge in [-0.25, -0.2) is 0 Å². The molecule has 0 spiro atoms. The molecule has 27 heavy (non-hydrogen) atoms. The van der Waals surface area contributed by atoms with Gasteiger partial charge in [-0.05, 0) is 50.6 Å². The number of benzene rings is 2. The average molecular weight is 433 g/mol. The van der Waals surface area contributed by atoms with Crippen LogP contribution in [-0.2, 0) is 16.1 Å². The Hall–Kier alpha value is -2.34. The molecule has 1 N–H and O–H groups in total. The largest absolute Gasteiger partial charge is 0.484 e. The van der Waals surface area contributed by atoms with E-state index in [1.807, 2.05) is 62.4 Å². The first-order chi connectivity index (χ1) is 12.9. The first-order valence-corrected chi connectivity index (χ1v) is 9.71. The Bertz CT molecular complexity index is 777. The second-order valence-electron chi connectivity index (χ2n) is 6.32. The molecule has 0 saturated heterocycles. The van der Waals surface area contributed by atoms with Crippen LogP contribution >= 0.6 is 15.9 Å². The highest BCUT2D eigenvalue weighted by atomic mass is 79.9. The van der Waals surface area contributed by atoms with E-state index >= 15 is 0 Å². The summed E-state index contributed by atoms with van der Waals surface area (Å²) >= 11 is 3.44. The molecule has 0 aliphatic heterocycles. The van der Waals surface area contributed by atoms with Crippen molar-refractivity contribution < 1.29 is 14.3 Å². The van der Waals surface area contributed by atoms with Gasteiger partial charge in [0.25, 0.3) is 5.91 Å². The van der Waals surface area contributed by atoms with Gasteiger partial charge in [-0.1, -0.05) is 45.8 Å². The lowest BCUT2D eigenvalue weighted by Crippen LogP contribution is -2.49. The van der Waals surface area contributed by atoms with Crippen LogP contribution in [0.3, 0.4) is 0 Å². The number of likely N-dealkylation sites (N-methyl/N-ethyl adjacent to an activating group) is 1. The van der Waals surface area contributed by atoms with Crippen molar-refractivity contribution in [3.63, 3.8) is 0 Å². The molecule has 0 saturated carbocycles. The molecular weight excluding hydrogens is 408 g/mol. The number of amides is 2. The lowest BCUT2D eigenvalue weighted by Gasteiger charge is -2.28. The average Bonchev–Trinajstić information content (AvgIpc) is 2.65. The third kappa shape index (κ3) is 6.40. The Morgan fingerprint density at radius 3 is 2.52 bits per heavy atom. The fourth-order valence-electron chi connectivity index (χ4n) is 2.60. The molecule has 0 heterocycles. The van der Waals surface area contributed by atoms with Crippen LogP contribution in [0.5, 0.6) is 5.75 Å². The van der Waals surface area contributed by atoms with E-state index in [-0.39, 0.29) is 18.4 Å². The number of halogens is 1. The highest BCUT2D eigenvalue weighted by Gasteiger charge is 2.26. The number of nitrogens with zero attached hydrogens (tertiary/aromatic N) is 1. The van der Waals surface area contributed by atoms with E-state index in [9.17, 15) is 9.59 Å². The van der Waals surface area contributed by atoms with E-state index in [0.29, 0.717) is 18.8 Å². The predicted octanol–water partition coefficient (Wildman–Crippen LogP) is 3.69. The summed E-state index contributed by atoms with van der Waals surface area (Å²) in [6, 6.07) is 14.6. The second kappa shape index (κ2) is 10.1. The number of rotatable bonds is 8. The molecule has 1 atom stereocenters. The monoisotopic (exact) mass is 432 g/mol. The van der Waals surface area contributed by atoms with Crippen molar-refractivity contribution >= 4 is 27.7 Å². The second-order valence-corrected chi connectivity index (χ2v) is 7.24. The minimum Gasteiger partial charge on any atom is -0.484 e. The van der Waals surface area contributed by atoms with Crippen LogP contribution in [0.4, 0.5) is 0 Å². The maximum absolute atomic E-state index is 12.8. The molecule has 6 heteroatoms. The van der Waals surface area contributed by atoms with Crippen LogP contribution < -0.4 is 10.1 Å². The lowest BCUT2D eigenvalue weighted by molar-refractivity contribution is -0.142. The number of hydrogen-bond acceptors (Lipinski definition) is 3. The topological polar surface area (TPSA) is 58.6 Å². The Labute approximate surface area is 168 Å². The van der Waals surface area contributed by atoms with Crippen LogP contribution in [0.15, 0.2) is 53.0 Å². The van der Waals surface area contributed by atoms with Crippen molar-refractivity contribution in [2.24, 2.45) is 0 Å². The molecule has 0 aliphatic rings. The quantitative estimate of drug-likeness (QED) is 0.691. The molecule has 0 aliphatic carbocycles. The number of carbonyl (C=O) groups excluding carboxylic acids is 2. The number of ether oxygens (including phenoxy) is 1. The van der Waals surface area contributed by atoms with Gasteiger partial charge in [0.2, 0.25) is 5.91 Å². The van der Waals surface area contributed by atoms with Crippen LogP contribution in [0.2, 0.25) is 0 Å². The molecule has 0 aromatic heterocycles. The highest BCUT2D eigenvalue weighted by molar-refractivity contribution is 9.10. The predicted molar refractivity (Wildman–Crippen MR) is 110 cm³/mol. The molecule has 2 aromatic rings. The summed E-state index contributed by atoms with van der Waals surface area (Å²) in [5.74, 6) is 0.201. The summed E-state index contributed by atoms with van der Waals surface area (Å²) in [7, 11) is 0. The fraction of sp³-hybridized carbons (Fsp3) is 0.333. The fourth-order valence-corrected chi connectivity index (χ4v) is 3.05. The summed E-state index contributed by atoms with van der Waals surface area (Å²) in [4.78, 5) is 26.7. The summed E-state index contributed by atoms with van der Waals surface area (Å²) in [6.07, 6.45) is 0. The first kappa shape index (κ1) is 21.0. The van der Waals surface area contributed by atoms with Gasteiger partial charge >= 0.3 is 0 Å². The summed E-state index contributed by atoms with van der Waals surface area (Å²) in [5, 5.41) is 2.77. The van der Waals surface area contributed by atoms with Crippen molar-refractivity contribution in [1.29, 1.82) is 0 Å². The van der Waals surface area contributed by atoms with E-state index in [1.54, 1.807) is 11.8 Å². The van der Waals surface area contributed by atoms with E-state index < -0.39 is 6.04 Å². The number of hydrogen-bond donors (Lipinski definition) is 1. The molecule has 2 aromatic carbocycles. The van der Waals surface area contributed by atoms with E-state index in [1.165, 1.54) is 0 Å². The number of nitrogens with one attached hydrogen (secondary N) is 1. The highest BCUT2D eigenvalue weighted by Crippen LogP contribution is 2.16. The maximum Gasteiger partial charge on any atom is 0.261 e. The summed E-state index contributed by atoms with van der Waals surface area (Å²) < 4.78 is 6.55. The van der Waals surface area contributed by atoms with Gasteiger partial charge in [-0.3, -0.25) is 9.59 Å². The molecule has 0 unspecified atom stereocenters. The molecule has 2 rings (SSSR count). The number of carbonyl (C=O) groups is 2. The zero-order valence-corrected chi connectivity index (χ0v) is 17.5. The van der Waals surface area contributed by atoms with E-state index in [2.05, 4.69) is 21.2 Å². The molecule has 5 nitrogen and oxygen atoms in total. The Morgan fingerprint density at radius 1 is 1.19 bits per heavy atom. The maximum atomic E-state index is 12.8. The van der Waals surface area contributed by atoms with Crippen molar-refractivity contribution in [1.82, 2.24) is 10.2 Å². The Morgan fingerprint density at radius 2 is 1.89 bits per heavy atom. The molecule has 2 amide bonds. The van der Waals surface area contributed by atoms with Crippen LogP contribution in [0.1, 0.15) is 25.0 Å².